The molecule has 0 unspecified atom stereocenters. The van der Waals surface area contributed by atoms with Crippen LogP contribution in [0, 0.1) is 20.8 Å². The number of imidazole rings is 1. The van der Waals surface area contributed by atoms with E-state index in [9.17, 15) is 9.59 Å². The summed E-state index contributed by atoms with van der Waals surface area (Å²) in [6, 6.07) is 7.95. The largest absolute Gasteiger partial charge is 0.444 e. The third kappa shape index (κ3) is 6.89. The van der Waals surface area contributed by atoms with Crippen molar-refractivity contribution in [2.75, 3.05) is 31.5 Å². The summed E-state index contributed by atoms with van der Waals surface area (Å²) in [5, 5.41) is 3.13. The van der Waals surface area contributed by atoms with Crippen LogP contribution in [-0.2, 0) is 11.3 Å². The molecule has 2 amide bonds. The van der Waals surface area contributed by atoms with Gasteiger partial charge in [-0.1, -0.05) is 6.07 Å². The van der Waals surface area contributed by atoms with Crippen molar-refractivity contribution >= 4 is 29.0 Å². The number of nitrogens with zero attached hydrogens (tertiary/aromatic N) is 5. The highest BCUT2D eigenvalue weighted by Crippen LogP contribution is 2.33. The van der Waals surface area contributed by atoms with Gasteiger partial charge in [-0.2, -0.15) is 0 Å². The standard InChI is InChI=1S/C32H44N6O3/c1-21-15-24(19-36-12-9-10-13-36)18-27-28(21)38(26-11-7-8-14-37(20-26)31(40)41-32(4,5)6)30(34-27)35-29(39)25-16-22(2)33-23(3)17-25/h15-18,26H,7-14,19-20H2,1-6H3,(H,34,35,39)/t26-/m1/s1. The number of fused-ring (bicyclic) bond motifs is 1. The maximum absolute atomic E-state index is 13.5. The Balaban J connectivity index is 1.54. The second-order valence-electron chi connectivity index (χ2n) is 12.7. The van der Waals surface area contributed by atoms with Crippen LogP contribution >= 0.6 is 0 Å². The monoisotopic (exact) mass is 560 g/mol. The van der Waals surface area contributed by atoms with E-state index in [1.807, 2.05) is 39.5 Å². The van der Waals surface area contributed by atoms with Gasteiger partial charge in [0.1, 0.15) is 5.60 Å². The molecule has 0 bridgehead atoms. The molecule has 41 heavy (non-hydrogen) atoms. The lowest BCUT2D eigenvalue weighted by Gasteiger charge is -2.29. The van der Waals surface area contributed by atoms with Crippen molar-refractivity contribution in [3.8, 4) is 0 Å². The molecule has 2 aliphatic heterocycles. The van der Waals surface area contributed by atoms with E-state index in [0.717, 1.165) is 66.9 Å². The number of benzene rings is 1. The van der Waals surface area contributed by atoms with Crippen LogP contribution in [0.3, 0.4) is 0 Å². The van der Waals surface area contributed by atoms with Gasteiger partial charge in [-0.15, -0.1) is 0 Å². The number of pyridine rings is 1. The summed E-state index contributed by atoms with van der Waals surface area (Å²) in [4.78, 5) is 40.4. The molecular weight excluding hydrogens is 516 g/mol. The lowest BCUT2D eigenvalue weighted by atomic mass is 10.1. The molecule has 1 N–H and O–H groups in total. The Morgan fingerprint density at radius 3 is 2.32 bits per heavy atom. The van der Waals surface area contributed by atoms with Crippen LogP contribution in [0.4, 0.5) is 10.7 Å². The Bertz CT molecular complexity index is 1410. The van der Waals surface area contributed by atoms with Gasteiger partial charge in [0.2, 0.25) is 5.95 Å². The molecule has 1 atom stereocenters. The van der Waals surface area contributed by atoms with Crippen molar-refractivity contribution in [2.45, 2.75) is 91.8 Å². The maximum atomic E-state index is 13.5. The van der Waals surface area contributed by atoms with E-state index in [4.69, 9.17) is 9.72 Å². The second kappa shape index (κ2) is 11.8. The molecule has 0 radical (unpaired) electrons. The lowest BCUT2D eigenvalue weighted by molar-refractivity contribution is 0.0238. The molecule has 2 aromatic heterocycles. The molecule has 2 fully saturated rings. The minimum atomic E-state index is -0.567. The Morgan fingerprint density at radius 2 is 1.63 bits per heavy atom. The lowest BCUT2D eigenvalue weighted by Crippen LogP contribution is -2.39. The summed E-state index contributed by atoms with van der Waals surface area (Å²) in [6.07, 6.45) is 4.93. The highest BCUT2D eigenvalue weighted by molar-refractivity contribution is 6.04. The first-order valence-electron chi connectivity index (χ1n) is 15.0. The average Bonchev–Trinajstić information content (AvgIpc) is 3.43. The molecule has 5 rings (SSSR count). The first kappa shape index (κ1) is 29.0. The number of likely N-dealkylation sites (tertiary alicyclic amines) is 2. The molecule has 9 heteroatoms. The number of hydrogen-bond donors (Lipinski definition) is 1. The fourth-order valence-corrected chi connectivity index (χ4v) is 6.20. The van der Waals surface area contributed by atoms with Crippen LogP contribution in [0.15, 0.2) is 24.3 Å². The van der Waals surface area contributed by atoms with E-state index in [0.29, 0.717) is 24.6 Å². The SMILES string of the molecule is Cc1cc(C(=O)Nc2nc3cc(CN4CCCC4)cc(C)c3n2[C@@H]2CCCCN(C(=O)OC(C)(C)C)C2)cc(C)n1. The third-order valence-electron chi connectivity index (χ3n) is 7.87. The molecule has 3 aromatic rings. The van der Waals surface area contributed by atoms with E-state index in [1.54, 1.807) is 12.1 Å². The first-order chi connectivity index (χ1) is 19.5. The molecule has 220 valence electrons. The summed E-state index contributed by atoms with van der Waals surface area (Å²) in [7, 11) is 0. The zero-order valence-electron chi connectivity index (χ0n) is 25.4. The summed E-state index contributed by atoms with van der Waals surface area (Å²) in [5.74, 6) is 0.289. The molecular formula is C32H44N6O3. The topological polar surface area (TPSA) is 92.6 Å². The summed E-state index contributed by atoms with van der Waals surface area (Å²) >= 11 is 0. The molecule has 0 spiro atoms. The van der Waals surface area contributed by atoms with Crippen molar-refractivity contribution in [1.29, 1.82) is 0 Å². The molecule has 1 aromatic carbocycles. The third-order valence-corrected chi connectivity index (χ3v) is 7.87. The van der Waals surface area contributed by atoms with E-state index >= 15 is 0 Å². The molecule has 2 saturated heterocycles. The normalized spacial score (nSPS) is 18.5. The van der Waals surface area contributed by atoms with Gasteiger partial charge in [0.05, 0.1) is 17.1 Å². The number of amides is 2. The number of anilines is 1. The quantitative estimate of drug-likeness (QED) is 0.401. The predicted octanol–water partition coefficient (Wildman–Crippen LogP) is 6.17. The summed E-state index contributed by atoms with van der Waals surface area (Å²) < 4.78 is 7.90. The molecule has 0 saturated carbocycles. The fraction of sp³-hybridized carbons (Fsp3) is 0.562. The smallest absolute Gasteiger partial charge is 0.410 e. The predicted molar refractivity (Wildman–Crippen MR) is 161 cm³/mol. The number of aryl methyl sites for hydroxylation is 3. The van der Waals surface area contributed by atoms with Gasteiger partial charge in [-0.05, 0) is 116 Å². The van der Waals surface area contributed by atoms with E-state index in [2.05, 4.69) is 38.8 Å². The van der Waals surface area contributed by atoms with Crippen LogP contribution in [0.1, 0.15) is 91.8 Å². The van der Waals surface area contributed by atoms with Gasteiger partial charge < -0.3 is 14.2 Å². The molecule has 2 aliphatic rings. The van der Waals surface area contributed by atoms with Crippen molar-refractivity contribution < 1.29 is 14.3 Å². The van der Waals surface area contributed by atoms with Crippen LogP contribution in [0.25, 0.3) is 11.0 Å². The molecule has 9 nitrogen and oxygen atoms in total. The van der Waals surface area contributed by atoms with Crippen molar-refractivity contribution in [1.82, 2.24) is 24.3 Å². The van der Waals surface area contributed by atoms with Crippen LogP contribution in [-0.4, -0.2) is 68.1 Å². The number of nitrogens with one attached hydrogen (secondary N) is 1. The number of carbonyl (C=O) groups is 2. The minimum absolute atomic E-state index is 0.0608. The minimum Gasteiger partial charge on any atom is -0.444 e. The highest BCUT2D eigenvalue weighted by atomic mass is 16.6. The van der Waals surface area contributed by atoms with Gasteiger partial charge in [-0.3, -0.25) is 20.0 Å². The van der Waals surface area contributed by atoms with E-state index in [-0.39, 0.29) is 18.0 Å². The van der Waals surface area contributed by atoms with Crippen molar-refractivity contribution in [2.24, 2.45) is 0 Å². The van der Waals surface area contributed by atoms with Gasteiger partial charge in [0, 0.05) is 36.6 Å². The zero-order chi connectivity index (χ0) is 29.3. The average molecular weight is 561 g/mol. The Morgan fingerprint density at radius 1 is 0.951 bits per heavy atom. The molecule has 0 aliphatic carbocycles. The maximum Gasteiger partial charge on any atom is 0.410 e. The molecule has 4 heterocycles. The van der Waals surface area contributed by atoms with Gasteiger partial charge in [0.25, 0.3) is 5.91 Å². The number of rotatable bonds is 5. The summed E-state index contributed by atoms with van der Waals surface area (Å²) in [6.45, 7) is 15.9. The first-order valence-corrected chi connectivity index (χ1v) is 15.0. The fourth-order valence-electron chi connectivity index (χ4n) is 6.20. The van der Waals surface area contributed by atoms with Crippen LogP contribution < -0.4 is 5.32 Å². The number of hydrogen-bond acceptors (Lipinski definition) is 6. The Kier molecular flexibility index (Phi) is 8.36. The number of carbonyl (C=O) groups excluding carboxylic acids is 2. The van der Waals surface area contributed by atoms with Crippen molar-refractivity contribution in [3.05, 3.63) is 52.3 Å². The van der Waals surface area contributed by atoms with Crippen LogP contribution in [0.2, 0.25) is 0 Å². The number of ether oxygens (including phenoxy) is 1. The van der Waals surface area contributed by atoms with Crippen molar-refractivity contribution in [3.63, 3.8) is 0 Å². The zero-order valence-corrected chi connectivity index (χ0v) is 25.4. The highest BCUT2D eigenvalue weighted by Gasteiger charge is 2.30. The van der Waals surface area contributed by atoms with E-state index in [1.165, 1.54) is 18.4 Å². The Hall–Kier alpha value is -3.46. The van der Waals surface area contributed by atoms with Gasteiger partial charge in [0.15, 0.2) is 0 Å². The van der Waals surface area contributed by atoms with Crippen LogP contribution in [0.5, 0.6) is 0 Å². The second-order valence-corrected chi connectivity index (χ2v) is 12.7. The van der Waals surface area contributed by atoms with Gasteiger partial charge >= 0.3 is 6.09 Å². The van der Waals surface area contributed by atoms with E-state index < -0.39 is 5.60 Å². The number of aromatic nitrogens is 3. The Labute approximate surface area is 243 Å². The van der Waals surface area contributed by atoms with Gasteiger partial charge in [-0.25, -0.2) is 9.78 Å². The summed E-state index contributed by atoms with van der Waals surface area (Å²) in [5.41, 5.74) is 5.79.